The predicted molar refractivity (Wildman–Crippen MR) is 84.8 cm³/mol. The average molecular weight is 357 g/mol. The Kier molecular flexibility index (Phi) is 5.82. The summed E-state index contributed by atoms with van der Waals surface area (Å²) in [6.45, 7) is 1.68. The lowest BCUT2D eigenvalue weighted by molar-refractivity contribution is 0.352. The van der Waals surface area contributed by atoms with E-state index in [0.29, 0.717) is 0 Å². The van der Waals surface area contributed by atoms with Gasteiger partial charge in [-0.2, -0.15) is 0 Å². The van der Waals surface area contributed by atoms with E-state index >= 15 is 0 Å². The first-order chi connectivity index (χ1) is 9.74. The molecular weight excluding hydrogens is 340 g/mol. The molecule has 0 radical (unpaired) electrons. The Morgan fingerprint density at radius 1 is 1.30 bits per heavy atom. The molecule has 1 aromatic heterocycles. The van der Waals surface area contributed by atoms with E-state index < -0.39 is 0 Å². The first kappa shape index (κ1) is 15.3. The molecule has 108 valence electrons. The number of aromatic nitrogens is 1. The van der Waals surface area contributed by atoms with Gasteiger partial charge in [0.1, 0.15) is 0 Å². The number of ether oxygens (including phenoxy) is 2. The highest BCUT2D eigenvalue weighted by atomic mass is 79.9. The molecule has 4 nitrogen and oxygen atoms in total. The van der Waals surface area contributed by atoms with Crippen molar-refractivity contribution in [3.05, 3.63) is 38.8 Å². The predicted octanol–water partition coefficient (Wildman–Crippen LogP) is 3.26. The van der Waals surface area contributed by atoms with Crippen LogP contribution in [-0.4, -0.2) is 25.7 Å². The van der Waals surface area contributed by atoms with E-state index in [1.165, 1.54) is 0 Å². The summed E-state index contributed by atoms with van der Waals surface area (Å²) in [5, 5.41) is 6.56. The Balaban J connectivity index is 1.91. The minimum absolute atomic E-state index is 0.721. The molecule has 20 heavy (non-hydrogen) atoms. The zero-order valence-electron chi connectivity index (χ0n) is 11.5. The largest absolute Gasteiger partial charge is 0.493 e. The van der Waals surface area contributed by atoms with Crippen molar-refractivity contribution in [2.75, 3.05) is 20.8 Å². The number of halogens is 1. The number of methoxy groups -OCH3 is 2. The van der Waals surface area contributed by atoms with E-state index in [1.54, 1.807) is 25.6 Å². The summed E-state index contributed by atoms with van der Waals surface area (Å²) in [6, 6.07) is 4.03. The Hall–Kier alpha value is -1.11. The summed E-state index contributed by atoms with van der Waals surface area (Å²) in [5.41, 5.74) is 1.15. The highest BCUT2D eigenvalue weighted by molar-refractivity contribution is 9.10. The topological polar surface area (TPSA) is 43.4 Å². The SMILES string of the molecule is COc1cc(CNCCc2nccs2)cc(Br)c1OC. The van der Waals surface area contributed by atoms with Gasteiger partial charge in [0, 0.05) is 31.1 Å². The lowest BCUT2D eigenvalue weighted by Gasteiger charge is -2.12. The second kappa shape index (κ2) is 7.61. The van der Waals surface area contributed by atoms with E-state index in [9.17, 15) is 0 Å². The van der Waals surface area contributed by atoms with Crippen molar-refractivity contribution in [1.29, 1.82) is 0 Å². The van der Waals surface area contributed by atoms with Crippen LogP contribution in [0.1, 0.15) is 10.6 Å². The van der Waals surface area contributed by atoms with Gasteiger partial charge in [0.2, 0.25) is 0 Å². The van der Waals surface area contributed by atoms with Crippen LogP contribution in [-0.2, 0) is 13.0 Å². The number of nitrogens with one attached hydrogen (secondary N) is 1. The fourth-order valence-electron chi connectivity index (χ4n) is 1.88. The molecule has 0 amide bonds. The van der Waals surface area contributed by atoms with Gasteiger partial charge < -0.3 is 14.8 Å². The molecule has 1 N–H and O–H groups in total. The molecule has 1 aromatic carbocycles. The maximum atomic E-state index is 5.33. The highest BCUT2D eigenvalue weighted by Crippen LogP contribution is 2.36. The molecule has 0 fully saturated rings. The summed E-state index contributed by atoms with van der Waals surface area (Å²) >= 11 is 5.19. The quantitative estimate of drug-likeness (QED) is 0.773. The molecule has 0 aliphatic heterocycles. The van der Waals surface area contributed by atoms with Gasteiger partial charge in [0.15, 0.2) is 11.5 Å². The lowest BCUT2D eigenvalue weighted by Crippen LogP contribution is -2.16. The molecule has 0 bridgehead atoms. The third-order valence-electron chi connectivity index (χ3n) is 2.82. The van der Waals surface area contributed by atoms with Gasteiger partial charge >= 0.3 is 0 Å². The van der Waals surface area contributed by atoms with Crippen LogP contribution in [0.2, 0.25) is 0 Å². The van der Waals surface area contributed by atoms with Crippen molar-refractivity contribution in [1.82, 2.24) is 10.3 Å². The number of nitrogens with zero attached hydrogens (tertiary/aromatic N) is 1. The molecule has 2 rings (SSSR count). The molecule has 0 saturated carbocycles. The van der Waals surface area contributed by atoms with Gasteiger partial charge in [-0.05, 0) is 33.6 Å². The zero-order valence-corrected chi connectivity index (χ0v) is 13.9. The van der Waals surface area contributed by atoms with E-state index in [1.807, 2.05) is 23.7 Å². The number of rotatable bonds is 7. The Labute approximate surface area is 131 Å². The summed E-state index contributed by atoms with van der Waals surface area (Å²) in [6.07, 6.45) is 2.79. The molecule has 0 atom stereocenters. The monoisotopic (exact) mass is 356 g/mol. The van der Waals surface area contributed by atoms with E-state index in [4.69, 9.17) is 9.47 Å². The standard InChI is InChI=1S/C14H17BrN2O2S/c1-18-12-8-10(7-11(15)14(12)19-2)9-16-4-3-13-17-5-6-20-13/h5-8,16H,3-4,9H2,1-2H3. The summed E-state index contributed by atoms with van der Waals surface area (Å²) in [5.74, 6) is 1.46. The first-order valence-corrected chi connectivity index (χ1v) is 7.91. The van der Waals surface area contributed by atoms with Crippen molar-refractivity contribution >= 4 is 27.3 Å². The van der Waals surface area contributed by atoms with Crippen LogP contribution in [0.5, 0.6) is 11.5 Å². The lowest BCUT2D eigenvalue weighted by atomic mass is 10.2. The minimum Gasteiger partial charge on any atom is -0.493 e. The van der Waals surface area contributed by atoms with Gasteiger partial charge in [0.25, 0.3) is 0 Å². The summed E-state index contributed by atoms with van der Waals surface area (Å²) in [4.78, 5) is 4.26. The van der Waals surface area contributed by atoms with Crippen LogP contribution >= 0.6 is 27.3 Å². The van der Waals surface area contributed by atoms with Crippen molar-refractivity contribution in [3.63, 3.8) is 0 Å². The smallest absolute Gasteiger partial charge is 0.174 e. The number of hydrogen-bond acceptors (Lipinski definition) is 5. The van der Waals surface area contributed by atoms with Gasteiger partial charge in [-0.15, -0.1) is 11.3 Å². The summed E-state index contributed by atoms with van der Waals surface area (Å²) < 4.78 is 11.5. The van der Waals surface area contributed by atoms with Crippen LogP contribution in [0.3, 0.4) is 0 Å². The number of thiazole rings is 1. The second-order valence-electron chi connectivity index (χ2n) is 4.17. The van der Waals surface area contributed by atoms with E-state index in [0.717, 1.165) is 46.1 Å². The molecule has 0 saturated heterocycles. The molecule has 0 aliphatic carbocycles. The van der Waals surface area contributed by atoms with Crippen molar-refractivity contribution < 1.29 is 9.47 Å². The molecule has 0 aliphatic rings. The number of hydrogen-bond donors (Lipinski definition) is 1. The van der Waals surface area contributed by atoms with E-state index in [2.05, 4.69) is 26.2 Å². The molecule has 2 aromatic rings. The van der Waals surface area contributed by atoms with Crippen LogP contribution in [0.15, 0.2) is 28.2 Å². The molecule has 1 heterocycles. The highest BCUT2D eigenvalue weighted by Gasteiger charge is 2.10. The van der Waals surface area contributed by atoms with Crippen LogP contribution < -0.4 is 14.8 Å². The van der Waals surface area contributed by atoms with Crippen LogP contribution in [0.4, 0.5) is 0 Å². The van der Waals surface area contributed by atoms with Crippen molar-refractivity contribution in [2.45, 2.75) is 13.0 Å². The van der Waals surface area contributed by atoms with Gasteiger partial charge in [-0.3, -0.25) is 0 Å². The third kappa shape index (κ3) is 3.94. The Morgan fingerprint density at radius 2 is 2.15 bits per heavy atom. The number of benzene rings is 1. The second-order valence-corrected chi connectivity index (χ2v) is 6.00. The normalized spacial score (nSPS) is 10.6. The first-order valence-electron chi connectivity index (χ1n) is 6.24. The molecule has 0 spiro atoms. The molecule has 6 heteroatoms. The third-order valence-corrected chi connectivity index (χ3v) is 4.25. The average Bonchev–Trinajstić information content (AvgIpc) is 2.96. The molecular formula is C14H17BrN2O2S. The van der Waals surface area contributed by atoms with Crippen LogP contribution in [0, 0.1) is 0 Å². The van der Waals surface area contributed by atoms with Gasteiger partial charge in [-0.1, -0.05) is 0 Å². The Bertz CT molecular complexity index is 546. The fraction of sp³-hybridized carbons (Fsp3) is 0.357. The zero-order chi connectivity index (χ0) is 14.4. The van der Waals surface area contributed by atoms with Crippen molar-refractivity contribution in [2.24, 2.45) is 0 Å². The maximum Gasteiger partial charge on any atom is 0.174 e. The van der Waals surface area contributed by atoms with Gasteiger partial charge in [0.05, 0.1) is 23.7 Å². The Morgan fingerprint density at radius 3 is 2.80 bits per heavy atom. The molecule has 0 unspecified atom stereocenters. The van der Waals surface area contributed by atoms with Gasteiger partial charge in [-0.25, -0.2) is 4.98 Å². The maximum absolute atomic E-state index is 5.33. The summed E-state index contributed by atoms with van der Waals surface area (Å²) in [7, 11) is 3.28. The van der Waals surface area contributed by atoms with Crippen molar-refractivity contribution in [3.8, 4) is 11.5 Å². The minimum atomic E-state index is 0.721. The van der Waals surface area contributed by atoms with E-state index in [-0.39, 0.29) is 0 Å². The van der Waals surface area contributed by atoms with Crippen LogP contribution in [0.25, 0.3) is 0 Å². The fourth-order valence-corrected chi connectivity index (χ4v) is 3.15.